The van der Waals surface area contributed by atoms with E-state index < -0.39 is 0 Å². The summed E-state index contributed by atoms with van der Waals surface area (Å²) in [5, 5.41) is 3.14. The summed E-state index contributed by atoms with van der Waals surface area (Å²) in [4.78, 5) is 16.0. The van der Waals surface area contributed by atoms with Crippen molar-refractivity contribution >= 4 is 29.0 Å². The molecular formula is C13H13ClN4O2. The Bertz CT molecular complexity index is 616. The number of ether oxygens (including phenoxy) is 1. The molecule has 0 aliphatic heterocycles. The first-order valence-corrected chi connectivity index (χ1v) is 6.09. The summed E-state index contributed by atoms with van der Waals surface area (Å²) >= 11 is 5.99. The lowest BCUT2D eigenvalue weighted by molar-refractivity contribution is 0.102. The van der Waals surface area contributed by atoms with Crippen molar-refractivity contribution < 1.29 is 9.53 Å². The predicted molar refractivity (Wildman–Crippen MR) is 78.0 cm³/mol. The molecule has 1 aromatic heterocycles. The molecule has 0 radical (unpaired) electrons. The standard InChI is InChI=1S/C13H13ClN4O2/c1-20-11-4-3-9(6-10(11)14)17-13(19)8-2-5-12(18-15)16-7-8/h2-7H,15H2,1H3,(H,16,18)(H,17,19). The van der Waals surface area contributed by atoms with E-state index in [9.17, 15) is 4.79 Å². The number of nitrogens with one attached hydrogen (secondary N) is 2. The van der Waals surface area contributed by atoms with Crippen LogP contribution in [-0.4, -0.2) is 18.0 Å². The SMILES string of the molecule is COc1ccc(NC(=O)c2ccc(NN)nc2)cc1Cl. The van der Waals surface area contributed by atoms with E-state index in [4.69, 9.17) is 22.2 Å². The fourth-order valence-electron chi connectivity index (χ4n) is 1.56. The summed E-state index contributed by atoms with van der Waals surface area (Å²) < 4.78 is 5.04. The van der Waals surface area contributed by atoms with E-state index in [-0.39, 0.29) is 5.91 Å². The molecule has 6 nitrogen and oxygen atoms in total. The van der Waals surface area contributed by atoms with Gasteiger partial charge in [0.25, 0.3) is 5.91 Å². The van der Waals surface area contributed by atoms with Gasteiger partial charge in [-0.05, 0) is 30.3 Å². The molecule has 2 aromatic rings. The number of amides is 1. The third-order valence-electron chi connectivity index (χ3n) is 2.58. The molecule has 0 saturated heterocycles. The highest BCUT2D eigenvalue weighted by atomic mass is 35.5. The number of nitrogens with zero attached hydrogens (tertiary/aromatic N) is 1. The van der Waals surface area contributed by atoms with Crippen molar-refractivity contribution in [2.75, 3.05) is 17.9 Å². The number of methoxy groups -OCH3 is 1. The molecule has 4 N–H and O–H groups in total. The zero-order valence-corrected chi connectivity index (χ0v) is 11.4. The summed E-state index contributed by atoms with van der Waals surface area (Å²) in [6, 6.07) is 8.21. The molecule has 0 unspecified atom stereocenters. The summed E-state index contributed by atoms with van der Waals surface area (Å²) in [7, 11) is 1.53. The molecular weight excluding hydrogens is 280 g/mol. The number of benzene rings is 1. The first kappa shape index (κ1) is 14.1. The van der Waals surface area contributed by atoms with E-state index in [1.54, 1.807) is 30.3 Å². The molecule has 1 amide bonds. The minimum Gasteiger partial charge on any atom is -0.495 e. The van der Waals surface area contributed by atoms with Crippen LogP contribution in [0.5, 0.6) is 5.75 Å². The number of carbonyl (C=O) groups is 1. The van der Waals surface area contributed by atoms with Crippen molar-refractivity contribution in [3.63, 3.8) is 0 Å². The topological polar surface area (TPSA) is 89.3 Å². The van der Waals surface area contributed by atoms with Crippen LogP contribution in [0.1, 0.15) is 10.4 Å². The van der Waals surface area contributed by atoms with Crippen LogP contribution < -0.4 is 21.3 Å². The molecule has 0 saturated carbocycles. The number of hydrogen-bond donors (Lipinski definition) is 3. The van der Waals surface area contributed by atoms with E-state index in [0.29, 0.717) is 27.8 Å². The van der Waals surface area contributed by atoms with E-state index in [1.165, 1.54) is 13.3 Å². The quantitative estimate of drug-likeness (QED) is 0.594. The number of hydrogen-bond acceptors (Lipinski definition) is 5. The van der Waals surface area contributed by atoms with Crippen molar-refractivity contribution in [1.82, 2.24) is 4.98 Å². The van der Waals surface area contributed by atoms with Gasteiger partial charge in [-0.3, -0.25) is 4.79 Å². The highest BCUT2D eigenvalue weighted by Crippen LogP contribution is 2.27. The Morgan fingerprint density at radius 2 is 2.15 bits per heavy atom. The maximum absolute atomic E-state index is 12.0. The van der Waals surface area contributed by atoms with Crippen LogP contribution >= 0.6 is 11.6 Å². The molecule has 0 atom stereocenters. The number of anilines is 2. The Labute approximate surface area is 120 Å². The van der Waals surface area contributed by atoms with Gasteiger partial charge in [0, 0.05) is 11.9 Å². The summed E-state index contributed by atoms with van der Waals surface area (Å²) in [6.07, 6.45) is 1.43. The summed E-state index contributed by atoms with van der Waals surface area (Å²) in [5.41, 5.74) is 3.37. The van der Waals surface area contributed by atoms with Gasteiger partial charge in [-0.25, -0.2) is 10.8 Å². The van der Waals surface area contributed by atoms with E-state index in [0.717, 1.165) is 0 Å². The molecule has 0 bridgehead atoms. The molecule has 1 heterocycles. The Hall–Kier alpha value is -2.31. The average molecular weight is 293 g/mol. The highest BCUT2D eigenvalue weighted by molar-refractivity contribution is 6.32. The molecule has 2 rings (SSSR count). The minimum absolute atomic E-state index is 0.290. The molecule has 7 heteroatoms. The van der Waals surface area contributed by atoms with Gasteiger partial charge in [0.15, 0.2) is 0 Å². The molecule has 1 aromatic carbocycles. The fourth-order valence-corrected chi connectivity index (χ4v) is 1.82. The monoisotopic (exact) mass is 292 g/mol. The van der Waals surface area contributed by atoms with Crippen LogP contribution in [0.2, 0.25) is 5.02 Å². The van der Waals surface area contributed by atoms with Gasteiger partial charge in [-0.1, -0.05) is 11.6 Å². The Balaban J connectivity index is 2.12. The molecule has 0 fully saturated rings. The van der Waals surface area contributed by atoms with Gasteiger partial charge < -0.3 is 15.5 Å². The van der Waals surface area contributed by atoms with Gasteiger partial charge in [-0.15, -0.1) is 0 Å². The third kappa shape index (κ3) is 3.17. The number of nitrogen functional groups attached to an aromatic ring is 1. The van der Waals surface area contributed by atoms with Gasteiger partial charge in [0.05, 0.1) is 17.7 Å². The average Bonchev–Trinajstić information content (AvgIpc) is 2.47. The second kappa shape index (κ2) is 6.23. The second-order valence-corrected chi connectivity index (χ2v) is 4.29. The number of halogens is 1. The van der Waals surface area contributed by atoms with Crippen molar-refractivity contribution in [3.8, 4) is 5.75 Å². The van der Waals surface area contributed by atoms with Gasteiger partial charge in [-0.2, -0.15) is 0 Å². The van der Waals surface area contributed by atoms with Crippen molar-refractivity contribution in [3.05, 3.63) is 47.1 Å². The Kier molecular flexibility index (Phi) is 4.39. The van der Waals surface area contributed by atoms with Crippen molar-refractivity contribution in [1.29, 1.82) is 0 Å². The van der Waals surface area contributed by atoms with Crippen LogP contribution in [0.15, 0.2) is 36.5 Å². The minimum atomic E-state index is -0.290. The number of aromatic nitrogens is 1. The van der Waals surface area contributed by atoms with Crippen LogP contribution in [0.4, 0.5) is 11.5 Å². The molecule has 0 aliphatic carbocycles. The normalized spacial score (nSPS) is 9.95. The maximum atomic E-state index is 12.0. The number of pyridine rings is 1. The zero-order valence-electron chi connectivity index (χ0n) is 10.7. The fraction of sp³-hybridized carbons (Fsp3) is 0.0769. The molecule has 0 spiro atoms. The lowest BCUT2D eigenvalue weighted by Crippen LogP contribution is -2.13. The van der Waals surface area contributed by atoms with Gasteiger partial charge >= 0.3 is 0 Å². The molecule has 0 aliphatic rings. The first-order chi connectivity index (χ1) is 9.63. The van der Waals surface area contributed by atoms with Crippen LogP contribution in [0, 0.1) is 0 Å². The van der Waals surface area contributed by atoms with E-state index >= 15 is 0 Å². The van der Waals surface area contributed by atoms with Gasteiger partial charge in [0.2, 0.25) is 0 Å². The van der Waals surface area contributed by atoms with E-state index in [1.807, 2.05) is 0 Å². The predicted octanol–water partition coefficient (Wildman–Crippen LogP) is 2.28. The van der Waals surface area contributed by atoms with E-state index in [2.05, 4.69) is 15.7 Å². The van der Waals surface area contributed by atoms with Gasteiger partial charge in [0.1, 0.15) is 11.6 Å². The van der Waals surface area contributed by atoms with Crippen molar-refractivity contribution in [2.45, 2.75) is 0 Å². The number of carbonyl (C=O) groups excluding carboxylic acids is 1. The molecule has 20 heavy (non-hydrogen) atoms. The first-order valence-electron chi connectivity index (χ1n) is 5.71. The second-order valence-electron chi connectivity index (χ2n) is 3.88. The van der Waals surface area contributed by atoms with Crippen LogP contribution in [0.25, 0.3) is 0 Å². The maximum Gasteiger partial charge on any atom is 0.257 e. The number of nitrogens with two attached hydrogens (primary N) is 1. The number of hydrazine groups is 1. The van der Waals surface area contributed by atoms with Crippen molar-refractivity contribution in [2.24, 2.45) is 5.84 Å². The summed E-state index contributed by atoms with van der Waals surface area (Å²) in [5.74, 6) is 5.94. The third-order valence-corrected chi connectivity index (χ3v) is 2.88. The summed E-state index contributed by atoms with van der Waals surface area (Å²) in [6.45, 7) is 0. The lowest BCUT2D eigenvalue weighted by Gasteiger charge is -2.08. The van der Waals surface area contributed by atoms with Crippen LogP contribution in [0.3, 0.4) is 0 Å². The van der Waals surface area contributed by atoms with Crippen LogP contribution in [-0.2, 0) is 0 Å². The lowest BCUT2D eigenvalue weighted by atomic mass is 10.2. The Morgan fingerprint density at radius 1 is 1.35 bits per heavy atom. The number of rotatable bonds is 4. The largest absolute Gasteiger partial charge is 0.495 e. The smallest absolute Gasteiger partial charge is 0.257 e. The highest BCUT2D eigenvalue weighted by Gasteiger charge is 2.08. The Morgan fingerprint density at radius 3 is 2.70 bits per heavy atom. The zero-order chi connectivity index (χ0) is 14.5. The molecule has 104 valence electrons.